The Morgan fingerprint density at radius 3 is 2.96 bits per heavy atom. The van der Waals surface area contributed by atoms with Crippen molar-refractivity contribution in [1.29, 1.82) is 0 Å². The zero-order chi connectivity index (χ0) is 18.8. The molecule has 27 heavy (non-hydrogen) atoms. The molecule has 140 valence electrons. The summed E-state index contributed by atoms with van der Waals surface area (Å²) in [6.07, 6.45) is 9.43. The fourth-order valence-corrected chi connectivity index (χ4v) is 4.07. The third-order valence-electron chi connectivity index (χ3n) is 4.56. The number of hydrogen-bond acceptors (Lipinski definition) is 7. The van der Waals surface area contributed by atoms with Crippen molar-refractivity contribution in [3.05, 3.63) is 42.1 Å². The normalized spacial score (nSPS) is 16.8. The number of amides is 1. The first kappa shape index (κ1) is 17.7. The van der Waals surface area contributed by atoms with Crippen LogP contribution in [0.2, 0.25) is 0 Å². The lowest BCUT2D eigenvalue weighted by atomic mass is 10.1. The molecule has 0 aliphatic carbocycles. The van der Waals surface area contributed by atoms with Crippen LogP contribution in [0, 0.1) is 0 Å². The predicted molar refractivity (Wildman–Crippen MR) is 103 cm³/mol. The summed E-state index contributed by atoms with van der Waals surface area (Å²) in [5.74, 6) is 0.624. The molecule has 9 heteroatoms. The van der Waals surface area contributed by atoms with Crippen molar-refractivity contribution in [2.45, 2.75) is 32.4 Å². The molecule has 1 N–H and O–H groups in total. The first-order valence-corrected chi connectivity index (χ1v) is 9.82. The Bertz CT molecular complexity index is 915. The molecule has 0 saturated carbocycles. The van der Waals surface area contributed by atoms with Gasteiger partial charge in [-0.25, -0.2) is 14.6 Å². The van der Waals surface area contributed by atoms with E-state index < -0.39 is 0 Å². The minimum absolute atomic E-state index is 0.0116. The average molecular weight is 383 g/mol. The lowest BCUT2D eigenvalue weighted by molar-refractivity contribution is 0.0621. The number of carbonyl (C=O) groups is 1. The quantitative estimate of drug-likeness (QED) is 0.725. The van der Waals surface area contributed by atoms with Crippen LogP contribution in [0.4, 0.5) is 0 Å². The highest BCUT2D eigenvalue weighted by Gasteiger charge is 2.30. The van der Waals surface area contributed by atoms with E-state index in [4.69, 9.17) is 0 Å². The van der Waals surface area contributed by atoms with E-state index in [1.807, 2.05) is 16.5 Å². The molecular weight excluding hydrogens is 362 g/mol. The predicted octanol–water partition coefficient (Wildman–Crippen LogP) is 2.00. The third kappa shape index (κ3) is 3.60. The lowest BCUT2D eigenvalue weighted by Gasteiger charge is -2.31. The molecule has 0 bridgehead atoms. The topological polar surface area (TPSA) is 88.8 Å². The third-order valence-corrected chi connectivity index (χ3v) is 5.45. The van der Waals surface area contributed by atoms with Gasteiger partial charge in [0.15, 0.2) is 5.82 Å². The van der Waals surface area contributed by atoms with Gasteiger partial charge >= 0.3 is 0 Å². The Balaban J connectivity index is 1.56. The smallest absolute Gasteiger partial charge is 0.273 e. The maximum Gasteiger partial charge on any atom is 0.273 e. The Hall–Kier alpha value is -2.65. The average Bonchev–Trinajstić information content (AvgIpc) is 3.42. The maximum absolute atomic E-state index is 13.0. The van der Waals surface area contributed by atoms with Crippen molar-refractivity contribution >= 4 is 17.2 Å². The van der Waals surface area contributed by atoms with E-state index in [9.17, 15) is 4.79 Å². The highest BCUT2D eigenvalue weighted by atomic mass is 32.1. The minimum Gasteiger partial charge on any atom is -0.331 e. The van der Waals surface area contributed by atoms with E-state index in [0.717, 1.165) is 30.1 Å². The summed E-state index contributed by atoms with van der Waals surface area (Å²) in [5, 5.41) is 10.2. The second-order valence-corrected chi connectivity index (χ2v) is 7.59. The first-order valence-electron chi connectivity index (χ1n) is 8.94. The Morgan fingerprint density at radius 1 is 1.37 bits per heavy atom. The van der Waals surface area contributed by atoms with Crippen LogP contribution >= 0.6 is 11.3 Å². The lowest BCUT2D eigenvalue weighted by Crippen LogP contribution is -2.46. The second-order valence-electron chi connectivity index (χ2n) is 6.73. The van der Waals surface area contributed by atoms with E-state index in [1.54, 1.807) is 29.5 Å². The summed E-state index contributed by atoms with van der Waals surface area (Å²) in [6, 6.07) is 0.356. The number of nitrogens with one attached hydrogen (secondary N) is 1. The standard InChI is InChI=1S/C18H21N7OS/c1-12(2)25(14-3-4-19-8-14)18(26)15-11-27-17(23-15)13-7-22-24(10-13)16-9-20-5-6-21-16/h5-7,9-12,14,19H,3-4,8H2,1-2H3/t14-/m1/s1. The maximum atomic E-state index is 13.0. The Morgan fingerprint density at radius 2 is 2.26 bits per heavy atom. The van der Waals surface area contributed by atoms with Crippen molar-refractivity contribution in [1.82, 2.24) is 34.9 Å². The van der Waals surface area contributed by atoms with Crippen LogP contribution in [-0.2, 0) is 0 Å². The summed E-state index contributed by atoms with van der Waals surface area (Å²) < 4.78 is 1.65. The monoisotopic (exact) mass is 383 g/mol. The molecule has 1 saturated heterocycles. The van der Waals surface area contributed by atoms with Crippen molar-refractivity contribution in [2.24, 2.45) is 0 Å². The first-order chi connectivity index (χ1) is 13.1. The molecule has 1 atom stereocenters. The summed E-state index contributed by atoms with van der Waals surface area (Å²) in [6.45, 7) is 5.89. The van der Waals surface area contributed by atoms with Crippen molar-refractivity contribution in [3.8, 4) is 16.4 Å². The number of aromatic nitrogens is 5. The van der Waals surface area contributed by atoms with Crippen LogP contribution in [0.3, 0.4) is 0 Å². The van der Waals surface area contributed by atoms with E-state index >= 15 is 0 Å². The molecule has 3 aromatic rings. The van der Waals surface area contributed by atoms with Gasteiger partial charge in [0.2, 0.25) is 0 Å². The highest BCUT2D eigenvalue weighted by molar-refractivity contribution is 7.13. The molecule has 4 heterocycles. The largest absolute Gasteiger partial charge is 0.331 e. The van der Waals surface area contributed by atoms with Crippen LogP contribution in [0.1, 0.15) is 30.8 Å². The molecular formula is C18H21N7OS. The SMILES string of the molecule is CC(C)N(C(=O)c1csc(-c2cnn(-c3cnccn3)c2)n1)[C@@H]1CCNC1. The summed E-state index contributed by atoms with van der Waals surface area (Å²) in [7, 11) is 0. The van der Waals surface area contributed by atoms with E-state index in [2.05, 4.69) is 39.2 Å². The van der Waals surface area contributed by atoms with E-state index in [0.29, 0.717) is 11.5 Å². The van der Waals surface area contributed by atoms with Gasteiger partial charge in [-0.1, -0.05) is 0 Å². The number of hydrogen-bond donors (Lipinski definition) is 1. The number of thiazole rings is 1. The summed E-state index contributed by atoms with van der Waals surface area (Å²) in [5.41, 5.74) is 1.34. The molecule has 1 aliphatic rings. The Kier molecular flexibility index (Phi) is 4.95. The van der Waals surface area contributed by atoms with Crippen LogP contribution in [0.15, 0.2) is 36.4 Å². The number of rotatable bonds is 5. The summed E-state index contributed by atoms with van der Waals surface area (Å²) in [4.78, 5) is 27.9. The van der Waals surface area contributed by atoms with Gasteiger partial charge in [-0.15, -0.1) is 11.3 Å². The van der Waals surface area contributed by atoms with Gasteiger partial charge in [-0.3, -0.25) is 9.78 Å². The van der Waals surface area contributed by atoms with Crippen LogP contribution < -0.4 is 5.32 Å². The van der Waals surface area contributed by atoms with Crippen molar-refractivity contribution in [2.75, 3.05) is 13.1 Å². The molecule has 1 fully saturated rings. The fourth-order valence-electron chi connectivity index (χ4n) is 3.30. The number of carbonyl (C=O) groups excluding carboxylic acids is 1. The molecule has 1 aliphatic heterocycles. The van der Waals surface area contributed by atoms with Crippen molar-refractivity contribution in [3.63, 3.8) is 0 Å². The van der Waals surface area contributed by atoms with Gasteiger partial charge < -0.3 is 10.2 Å². The van der Waals surface area contributed by atoms with Gasteiger partial charge in [0.25, 0.3) is 5.91 Å². The van der Waals surface area contributed by atoms with E-state index in [1.165, 1.54) is 11.3 Å². The molecule has 3 aromatic heterocycles. The molecule has 0 spiro atoms. The van der Waals surface area contributed by atoms with Gasteiger partial charge in [0, 0.05) is 48.2 Å². The minimum atomic E-state index is -0.0116. The molecule has 4 rings (SSSR count). The Labute approximate surface area is 161 Å². The van der Waals surface area contributed by atoms with Crippen LogP contribution in [0.5, 0.6) is 0 Å². The van der Waals surface area contributed by atoms with Gasteiger partial charge in [0.1, 0.15) is 10.7 Å². The zero-order valence-electron chi connectivity index (χ0n) is 15.2. The van der Waals surface area contributed by atoms with E-state index in [-0.39, 0.29) is 18.0 Å². The van der Waals surface area contributed by atoms with Gasteiger partial charge in [-0.05, 0) is 26.8 Å². The van der Waals surface area contributed by atoms with Crippen LogP contribution in [0.25, 0.3) is 16.4 Å². The molecule has 8 nitrogen and oxygen atoms in total. The molecule has 0 radical (unpaired) electrons. The zero-order valence-corrected chi connectivity index (χ0v) is 16.1. The summed E-state index contributed by atoms with van der Waals surface area (Å²) >= 11 is 1.45. The van der Waals surface area contributed by atoms with Crippen molar-refractivity contribution < 1.29 is 4.79 Å². The molecule has 0 unspecified atom stereocenters. The molecule has 0 aromatic carbocycles. The number of nitrogens with zero attached hydrogens (tertiary/aromatic N) is 6. The molecule has 1 amide bonds. The van der Waals surface area contributed by atoms with Gasteiger partial charge in [-0.2, -0.15) is 5.10 Å². The van der Waals surface area contributed by atoms with Crippen LogP contribution in [-0.4, -0.2) is 60.7 Å². The highest BCUT2D eigenvalue weighted by Crippen LogP contribution is 2.25. The van der Waals surface area contributed by atoms with Gasteiger partial charge in [0.05, 0.1) is 12.4 Å². The fraction of sp³-hybridized carbons (Fsp3) is 0.389. The second kappa shape index (κ2) is 7.53.